The van der Waals surface area contributed by atoms with E-state index >= 15 is 0 Å². The molecule has 96 valence electrons. The third-order valence-corrected chi connectivity index (χ3v) is 4.34. The largest absolute Gasteiger partial charge is 0.309 e. The molecule has 2 aromatic rings. The Hall–Kier alpha value is -1.09. The lowest BCUT2D eigenvalue weighted by Gasteiger charge is -2.33. The van der Waals surface area contributed by atoms with Crippen molar-refractivity contribution in [1.29, 1.82) is 0 Å². The van der Waals surface area contributed by atoms with E-state index in [0.717, 1.165) is 28.5 Å². The molecule has 0 aromatic carbocycles. The topological polar surface area (TPSA) is 30.7 Å². The Morgan fingerprint density at radius 3 is 2.89 bits per heavy atom. The fourth-order valence-electron chi connectivity index (χ4n) is 2.78. The van der Waals surface area contributed by atoms with E-state index in [2.05, 4.69) is 27.5 Å². The first-order chi connectivity index (χ1) is 8.70. The van der Waals surface area contributed by atoms with Gasteiger partial charge >= 0.3 is 0 Å². The Kier molecular flexibility index (Phi) is 3.02. The molecule has 1 aliphatic rings. The molecule has 1 unspecified atom stereocenters. The van der Waals surface area contributed by atoms with Crippen molar-refractivity contribution < 1.29 is 0 Å². The van der Waals surface area contributed by atoms with Gasteiger partial charge < -0.3 is 4.57 Å². The molecule has 2 aromatic heterocycles. The molecular formula is C14H18ClN3. The summed E-state index contributed by atoms with van der Waals surface area (Å²) in [6, 6.07) is 2.54. The SMILES string of the molecule is Cc1cnc2c(c1)nc(CCl)n2C(C)C1CCC1. The Balaban J connectivity index is 2.12. The normalized spacial score (nSPS) is 17.9. The molecule has 3 nitrogen and oxygen atoms in total. The minimum atomic E-state index is 0.451. The van der Waals surface area contributed by atoms with Gasteiger partial charge in [0.2, 0.25) is 0 Å². The fraction of sp³-hybridized carbons (Fsp3) is 0.571. The molecule has 0 bridgehead atoms. The number of pyridine rings is 1. The van der Waals surface area contributed by atoms with Gasteiger partial charge in [-0.1, -0.05) is 6.42 Å². The maximum absolute atomic E-state index is 6.04. The molecule has 4 heteroatoms. The van der Waals surface area contributed by atoms with Gasteiger partial charge in [0.15, 0.2) is 5.65 Å². The van der Waals surface area contributed by atoms with Crippen LogP contribution >= 0.6 is 11.6 Å². The lowest BCUT2D eigenvalue weighted by Crippen LogP contribution is -2.24. The van der Waals surface area contributed by atoms with Crippen LogP contribution in [0.4, 0.5) is 0 Å². The third kappa shape index (κ3) is 1.81. The first-order valence-electron chi connectivity index (χ1n) is 6.60. The van der Waals surface area contributed by atoms with Crippen molar-refractivity contribution >= 4 is 22.8 Å². The molecule has 0 aliphatic heterocycles. The van der Waals surface area contributed by atoms with Crippen molar-refractivity contribution in [3.63, 3.8) is 0 Å². The number of fused-ring (bicyclic) bond motifs is 1. The van der Waals surface area contributed by atoms with Gasteiger partial charge in [-0.2, -0.15) is 0 Å². The molecule has 1 atom stereocenters. The van der Waals surface area contributed by atoms with Crippen LogP contribution in [0.2, 0.25) is 0 Å². The predicted octanol–water partition coefficient (Wildman–Crippen LogP) is 3.84. The zero-order valence-electron chi connectivity index (χ0n) is 10.9. The molecule has 18 heavy (non-hydrogen) atoms. The molecule has 1 aliphatic carbocycles. The third-order valence-electron chi connectivity index (χ3n) is 4.10. The summed E-state index contributed by atoms with van der Waals surface area (Å²) in [4.78, 5) is 9.18. The van der Waals surface area contributed by atoms with Gasteiger partial charge in [0.05, 0.1) is 5.88 Å². The summed E-state index contributed by atoms with van der Waals surface area (Å²) in [5.41, 5.74) is 3.09. The molecule has 2 heterocycles. The Morgan fingerprint density at radius 1 is 1.50 bits per heavy atom. The van der Waals surface area contributed by atoms with E-state index in [9.17, 15) is 0 Å². The zero-order chi connectivity index (χ0) is 12.7. The van der Waals surface area contributed by atoms with Crippen LogP contribution < -0.4 is 0 Å². The van der Waals surface area contributed by atoms with Gasteiger partial charge in [0.25, 0.3) is 0 Å². The highest BCUT2D eigenvalue weighted by atomic mass is 35.5. The molecule has 0 radical (unpaired) electrons. The standard InChI is InChI=1S/C14H18ClN3/c1-9-6-12-14(16-8-9)18(13(7-15)17-12)10(2)11-4-3-5-11/h6,8,10-11H,3-5,7H2,1-2H3. The maximum Gasteiger partial charge on any atom is 0.160 e. The van der Waals surface area contributed by atoms with E-state index < -0.39 is 0 Å². The monoisotopic (exact) mass is 263 g/mol. The van der Waals surface area contributed by atoms with Crippen molar-refractivity contribution in [2.24, 2.45) is 5.92 Å². The second-order valence-electron chi connectivity index (χ2n) is 5.32. The van der Waals surface area contributed by atoms with Crippen LogP contribution in [-0.2, 0) is 5.88 Å². The lowest BCUT2D eigenvalue weighted by molar-refractivity contribution is 0.223. The minimum absolute atomic E-state index is 0.451. The number of rotatable bonds is 3. The van der Waals surface area contributed by atoms with Crippen molar-refractivity contribution in [3.8, 4) is 0 Å². The van der Waals surface area contributed by atoms with Crippen LogP contribution in [0.25, 0.3) is 11.2 Å². The molecule has 1 fully saturated rings. The quantitative estimate of drug-likeness (QED) is 0.788. The number of nitrogens with zero attached hydrogens (tertiary/aromatic N) is 3. The Morgan fingerprint density at radius 2 is 2.28 bits per heavy atom. The highest BCUT2D eigenvalue weighted by molar-refractivity contribution is 6.16. The molecule has 0 N–H and O–H groups in total. The average Bonchev–Trinajstić information content (AvgIpc) is 2.63. The summed E-state index contributed by atoms with van der Waals surface area (Å²) in [5.74, 6) is 2.16. The summed E-state index contributed by atoms with van der Waals surface area (Å²) >= 11 is 6.04. The second kappa shape index (κ2) is 4.54. The second-order valence-corrected chi connectivity index (χ2v) is 5.59. The van der Waals surface area contributed by atoms with Crippen LogP contribution in [0.15, 0.2) is 12.3 Å². The van der Waals surface area contributed by atoms with Crippen LogP contribution in [-0.4, -0.2) is 14.5 Å². The van der Waals surface area contributed by atoms with Gasteiger partial charge in [-0.05, 0) is 44.2 Å². The number of alkyl halides is 1. The predicted molar refractivity (Wildman–Crippen MR) is 73.9 cm³/mol. The van der Waals surface area contributed by atoms with Crippen molar-refractivity contribution in [2.45, 2.75) is 45.0 Å². The molecule has 0 saturated heterocycles. The number of imidazole rings is 1. The number of aromatic nitrogens is 3. The summed E-state index contributed by atoms with van der Waals surface area (Å²) in [6.07, 6.45) is 5.89. The molecular weight excluding hydrogens is 246 g/mol. The molecule has 0 spiro atoms. The van der Waals surface area contributed by atoms with Gasteiger partial charge in [-0.15, -0.1) is 11.6 Å². The van der Waals surface area contributed by atoms with Gasteiger partial charge in [0.1, 0.15) is 11.3 Å². The van der Waals surface area contributed by atoms with Crippen molar-refractivity contribution in [1.82, 2.24) is 14.5 Å². The van der Waals surface area contributed by atoms with E-state index in [1.807, 2.05) is 13.1 Å². The molecule has 3 rings (SSSR count). The Labute approximate surface area is 112 Å². The van der Waals surface area contributed by atoms with Crippen LogP contribution in [0.3, 0.4) is 0 Å². The molecule has 1 saturated carbocycles. The fourth-order valence-corrected chi connectivity index (χ4v) is 2.97. The van der Waals surface area contributed by atoms with Crippen molar-refractivity contribution in [3.05, 3.63) is 23.7 Å². The summed E-state index contributed by atoms with van der Waals surface area (Å²) in [5, 5.41) is 0. The summed E-state index contributed by atoms with van der Waals surface area (Å²) in [6.45, 7) is 4.31. The summed E-state index contributed by atoms with van der Waals surface area (Å²) in [7, 11) is 0. The smallest absolute Gasteiger partial charge is 0.160 e. The number of aryl methyl sites for hydroxylation is 1. The molecule has 0 amide bonds. The van der Waals surface area contributed by atoms with Crippen LogP contribution in [0.5, 0.6) is 0 Å². The number of halogens is 1. The maximum atomic E-state index is 6.04. The van der Waals surface area contributed by atoms with Gasteiger partial charge in [-0.25, -0.2) is 9.97 Å². The lowest BCUT2D eigenvalue weighted by atomic mass is 9.80. The highest BCUT2D eigenvalue weighted by Crippen LogP contribution is 2.38. The van der Waals surface area contributed by atoms with Crippen molar-refractivity contribution in [2.75, 3.05) is 0 Å². The number of hydrogen-bond donors (Lipinski definition) is 0. The number of hydrogen-bond acceptors (Lipinski definition) is 2. The van der Waals surface area contributed by atoms with Gasteiger partial charge in [-0.3, -0.25) is 0 Å². The van der Waals surface area contributed by atoms with Crippen LogP contribution in [0, 0.1) is 12.8 Å². The van der Waals surface area contributed by atoms with E-state index in [4.69, 9.17) is 11.6 Å². The first kappa shape index (κ1) is 12.0. The highest BCUT2D eigenvalue weighted by Gasteiger charge is 2.28. The zero-order valence-corrected chi connectivity index (χ0v) is 11.6. The van der Waals surface area contributed by atoms with Crippen LogP contribution in [0.1, 0.15) is 43.6 Å². The van der Waals surface area contributed by atoms with E-state index in [0.29, 0.717) is 11.9 Å². The Bertz CT molecular complexity index is 572. The minimum Gasteiger partial charge on any atom is -0.309 e. The summed E-state index contributed by atoms with van der Waals surface area (Å²) < 4.78 is 2.24. The van der Waals surface area contributed by atoms with E-state index in [1.165, 1.54) is 19.3 Å². The average molecular weight is 264 g/mol. The van der Waals surface area contributed by atoms with E-state index in [1.54, 1.807) is 0 Å². The first-order valence-corrected chi connectivity index (χ1v) is 7.13. The van der Waals surface area contributed by atoms with E-state index in [-0.39, 0.29) is 0 Å². The van der Waals surface area contributed by atoms with Gasteiger partial charge in [0, 0.05) is 12.2 Å².